The van der Waals surface area contributed by atoms with E-state index < -0.39 is 0 Å². The topological polar surface area (TPSA) is 35.5 Å². The van der Waals surface area contributed by atoms with Crippen LogP contribution in [0.25, 0.3) is 0 Å². The first-order valence-electron chi connectivity index (χ1n) is 3.17. The predicted octanol–water partition coefficient (Wildman–Crippen LogP) is 0.506. The maximum Gasteiger partial charge on any atom is 0.187 e. The average Bonchev–Trinajstić information content (AvgIpc) is 2.38. The van der Waals surface area contributed by atoms with Gasteiger partial charge in [-0.15, -0.1) is 0 Å². The molecule has 0 saturated carbocycles. The molecule has 1 aliphatic rings. The van der Waals surface area contributed by atoms with Gasteiger partial charge in [0.25, 0.3) is 0 Å². The van der Waals surface area contributed by atoms with Crippen molar-refractivity contribution < 1.29 is 14.3 Å². The van der Waals surface area contributed by atoms with Crippen molar-refractivity contribution in [2.75, 3.05) is 20.3 Å². The zero-order valence-corrected chi connectivity index (χ0v) is 5.92. The molecule has 0 N–H and O–H groups in total. The Kier molecular flexibility index (Phi) is 2.45. The van der Waals surface area contributed by atoms with Gasteiger partial charge in [0.2, 0.25) is 0 Å². The summed E-state index contributed by atoms with van der Waals surface area (Å²) in [6, 6.07) is 0. The highest BCUT2D eigenvalue weighted by Gasteiger charge is 2.13. The second-order valence-corrected chi connectivity index (χ2v) is 2.12. The summed E-state index contributed by atoms with van der Waals surface area (Å²) in [6.45, 7) is 0.792. The molecule has 0 aliphatic carbocycles. The van der Waals surface area contributed by atoms with Crippen molar-refractivity contribution in [3.8, 4) is 0 Å². The lowest BCUT2D eigenvalue weighted by molar-refractivity contribution is -0.119. The van der Waals surface area contributed by atoms with Crippen molar-refractivity contribution in [3.05, 3.63) is 11.8 Å². The molecule has 10 heavy (non-hydrogen) atoms. The van der Waals surface area contributed by atoms with Gasteiger partial charge in [0.05, 0.1) is 12.9 Å². The first-order chi connectivity index (χ1) is 4.84. The van der Waals surface area contributed by atoms with Crippen LogP contribution in [0.5, 0.6) is 0 Å². The summed E-state index contributed by atoms with van der Waals surface area (Å²) in [4.78, 5) is 11.0. The Morgan fingerprint density at radius 2 is 2.70 bits per heavy atom. The van der Waals surface area contributed by atoms with Crippen molar-refractivity contribution in [2.45, 2.75) is 6.42 Å². The van der Waals surface area contributed by atoms with E-state index in [2.05, 4.69) is 4.74 Å². The second kappa shape index (κ2) is 3.37. The monoisotopic (exact) mass is 142 g/mol. The largest absolute Gasteiger partial charge is 0.500 e. The van der Waals surface area contributed by atoms with Crippen molar-refractivity contribution >= 4 is 5.78 Å². The molecule has 0 radical (unpaired) electrons. The van der Waals surface area contributed by atoms with E-state index in [1.54, 1.807) is 0 Å². The van der Waals surface area contributed by atoms with Crippen LogP contribution in [0.1, 0.15) is 6.42 Å². The van der Waals surface area contributed by atoms with Crippen molar-refractivity contribution in [2.24, 2.45) is 0 Å². The molecule has 56 valence electrons. The standard InChI is InChI=1S/C7H10O3/c1-9-5-7(8)6-2-3-10-4-6/h4H,2-3,5H2,1H3. The van der Waals surface area contributed by atoms with Gasteiger partial charge in [-0.3, -0.25) is 4.79 Å². The molecule has 1 heterocycles. The third kappa shape index (κ3) is 1.57. The number of methoxy groups -OCH3 is 1. The highest BCUT2D eigenvalue weighted by atomic mass is 16.5. The number of hydrogen-bond acceptors (Lipinski definition) is 3. The molecule has 1 aliphatic heterocycles. The van der Waals surface area contributed by atoms with Gasteiger partial charge in [0.1, 0.15) is 6.61 Å². The number of ketones is 1. The summed E-state index contributed by atoms with van der Waals surface area (Å²) in [5.41, 5.74) is 0.738. The third-order valence-electron chi connectivity index (χ3n) is 1.35. The molecule has 0 aromatic heterocycles. The summed E-state index contributed by atoms with van der Waals surface area (Å²) in [7, 11) is 1.51. The molecule has 0 atom stereocenters. The van der Waals surface area contributed by atoms with Gasteiger partial charge in [-0.25, -0.2) is 0 Å². The average molecular weight is 142 g/mol. The molecule has 0 spiro atoms. The van der Waals surface area contributed by atoms with Crippen LogP contribution in [0.15, 0.2) is 11.8 Å². The highest BCUT2D eigenvalue weighted by Crippen LogP contribution is 2.10. The number of carbonyl (C=O) groups is 1. The van der Waals surface area contributed by atoms with Crippen molar-refractivity contribution in [1.82, 2.24) is 0 Å². The van der Waals surface area contributed by atoms with Gasteiger partial charge in [-0.2, -0.15) is 0 Å². The molecule has 0 aromatic rings. The maximum atomic E-state index is 11.0. The fourth-order valence-electron chi connectivity index (χ4n) is 0.816. The first kappa shape index (κ1) is 7.28. The molecule has 0 fully saturated rings. The van der Waals surface area contributed by atoms with E-state index in [-0.39, 0.29) is 12.4 Å². The van der Waals surface area contributed by atoms with Crippen LogP contribution < -0.4 is 0 Å². The van der Waals surface area contributed by atoms with E-state index in [4.69, 9.17) is 4.74 Å². The molecule has 3 heteroatoms. The number of ether oxygens (including phenoxy) is 2. The summed E-state index contributed by atoms with van der Waals surface area (Å²) in [5.74, 6) is 0.0278. The molecule has 1 rings (SSSR count). The fourth-order valence-corrected chi connectivity index (χ4v) is 0.816. The number of Topliss-reactive ketones (excluding diaryl/α,β-unsaturated/α-hetero) is 1. The molecule has 0 amide bonds. The van der Waals surface area contributed by atoms with Crippen LogP contribution in [0.2, 0.25) is 0 Å². The normalized spacial score (nSPS) is 16.3. The Balaban J connectivity index is 2.40. The zero-order valence-electron chi connectivity index (χ0n) is 5.92. The second-order valence-electron chi connectivity index (χ2n) is 2.12. The molecule has 0 unspecified atom stereocenters. The minimum absolute atomic E-state index is 0.0278. The van der Waals surface area contributed by atoms with Gasteiger partial charge < -0.3 is 9.47 Å². The fraction of sp³-hybridized carbons (Fsp3) is 0.571. The summed E-state index contributed by atoms with van der Waals surface area (Å²) in [6.07, 6.45) is 2.24. The maximum absolute atomic E-state index is 11.0. The Labute approximate surface area is 59.6 Å². The lowest BCUT2D eigenvalue weighted by Crippen LogP contribution is -2.08. The third-order valence-corrected chi connectivity index (χ3v) is 1.35. The van der Waals surface area contributed by atoms with E-state index in [1.165, 1.54) is 13.4 Å². The molecular formula is C7H10O3. The lowest BCUT2D eigenvalue weighted by atomic mass is 10.1. The summed E-state index contributed by atoms with van der Waals surface area (Å²) < 4.78 is 9.56. The molecular weight excluding hydrogens is 132 g/mol. The van der Waals surface area contributed by atoms with Crippen LogP contribution in [-0.4, -0.2) is 26.1 Å². The SMILES string of the molecule is COCC(=O)C1=COCC1. The quantitative estimate of drug-likeness (QED) is 0.575. The number of carbonyl (C=O) groups excluding carboxylic acids is 1. The van der Waals surface area contributed by atoms with Gasteiger partial charge in [0, 0.05) is 19.1 Å². The molecule has 3 nitrogen and oxygen atoms in total. The minimum Gasteiger partial charge on any atom is -0.500 e. The van der Waals surface area contributed by atoms with Crippen molar-refractivity contribution in [1.29, 1.82) is 0 Å². The van der Waals surface area contributed by atoms with Crippen molar-refractivity contribution in [3.63, 3.8) is 0 Å². The van der Waals surface area contributed by atoms with E-state index in [1.807, 2.05) is 0 Å². The first-order valence-corrected chi connectivity index (χ1v) is 3.17. The Bertz CT molecular complexity index is 160. The van der Waals surface area contributed by atoms with Gasteiger partial charge in [-0.05, 0) is 0 Å². The number of hydrogen-bond donors (Lipinski definition) is 0. The Hall–Kier alpha value is -0.830. The smallest absolute Gasteiger partial charge is 0.187 e. The van der Waals surface area contributed by atoms with Crippen LogP contribution in [0.4, 0.5) is 0 Å². The van der Waals surface area contributed by atoms with E-state index in [0.717, 1.165) is 12.0 Å². The highest BCUT2D eigenvalue weighted by molar-refractivity contribution is 5.96. The van der Waals surface area contributed by atoms with Gasteiger partial charge in [-0.1, -0.05) is 0 Å². The molecule has 0 aromatic carbocycles. The number of rotatable bonds is 3. The van der Waals surface area contributed by atoms with Gasteiger partial charge >= 0.3 is 0 Å². The van der Waals surface area contributed by atoms with Crippen LogP contribution in [0.3, 0.4) is 0 Å². The van der Waals surface area contributed by atoms with Gasteiger partial charge in [0.15, 0.2) is 5.78 Å². The summed E-state index contributed by atoms with van der Waals surface area (Å²) >= 11 is 0. The summed E-state index contributed by atoms with van der Waals surface area (Å²) in [5, 5.41) is 0. The Morgan fingerprint density at radius 1 is 1.90 bits per heavy atom. The predicted molar refractivity (Wildman–Crippen MR) is 35.5 cm³/mol. The van der Waals surface area contributed by atoms with Crippen LogP contribution in [-0.2, 0) is 14.3 Å². The lowest BCUT2D eigenvalue weighted by Gasteiger charge is -1.95. The molecule has 0 bridgehead atoms. The van der Waals surface area contributed by atoms with Crippen LogP contribution >= 0.6 is 0 Å². The minimum atomic E-state index is 0.0278. The Morgan fingerprint density at radius 3 is 3.20 bits per heavy atom. The molecule has 0 saturated heterocycles. The van der Waals surface area contributed by atoms with Crippen LogP contribution in [0, 0.1) is 0 Å². The van der Waals surface area contributed by atoms with E-state index in [0.29, 0.717) is 6.61 Å². The van der Waals surface area contributed by atoms with E-state index >= 15 is 0 Å². The van der Waals surface area contributed by atoms with E-state index in [9.17, 15) is 4.79 Å². The zero-order chi connectivity index (χ0) is 7.40.